The number of amides is 1. The van der Waals surface area contributed by atoms with Gasteiger partial charge in [-0.25, -0.2) is 9.07 Å². The Morgan fingerprint density at radius 1 is 1.26 bits per heavy atom. The molecule has 1 N–H and O–H groups in total. The van der Waals surface area contributed by atoms with Crippen LogP contribution in [0.15, 0.2) is 41.6 Å². The molecule has 1 aliphatic heterocycles. The maximum atomic E-state index is 13.4. The first-order valence-electron chi connectivity index (χ1n) is 13.0. The Bertz CT molecular complexity index is 1070. The number of rotatable bonds is 7. The average molecular weight is 465 g/mol. The standard InChI is InChI=1S/C28H37FN4O/c1-4-6-22(31-28(34)25-7-5-14-32(25)3)15-19-8-9-20-16-26-24(18(2)27(19)20)17-30-33(26)23-12-10-21(29)11-13-23/h10-13,17-19,22,25H,4-9,14-16H2,1-3H3,(H,31,34)/t18-,19+,22?,25-/m0/s1. The highest BCUT2D eigenvalue weighted by Gasteiger charge is 2.37. The summed E-state index contributed by atoms with van der Waals surface area (Å²) in [6, 6.07) is 6.86. The molecule has 5 nitrogen and oxygen atoms in total. The van der Waals surface area contributed by atoms with Gasteiger partial charge in [0.05, 0.1) is 23.6 Å². The number of nitrogens with zero attached hydrogens (tertiary/aromatic N) is 3. The molecule has 0 bridgehead atoms. The van der Waals surface area contributed by atoms with E-state index in [0.717, 1.165) is 57.2 Å². The molecule has 0 spiro atoms. The lowest BCUT2D eigenvalue weighted by atomic mass is 9.78. The van der Waals surface area contributed by atoms with Crippen molar-refractivity contribution in [3.05, 3.63) is 58.7 Å². The van der Waals surface area contributed by atoms with E-state index in [2.05, 4.69) is 36.2 Å². The van der Waals surface area contributed by atoms with Crippen molar-refractivity contribution < 1.29 is 9.18 Å². The van der Waals surface area contributed by atoms with Crippen LogP contribution in [0.1, 0.15) is 76.0 Å². The first kappa shape index (κ1) is 23.3. The lowest BCUT2D eigenvalue weighted by Gasteiger charge is -2.30. The number of halogens is 1. The Morgan fingerprint density at radius 2 is 2.06 bits per heavy atom. The molecule has 1 aromatic heterocycles. The van der Waals surface area contributed by atoms with Crippen molar-refractivity contribution in [2.24, 2.45) is 5.92 Å². The molecule has 1 fully saturated rings. The van der Waals surface area contributed by atoms with Crippen molar-refractivity contribution in [2.75, 3.05) is 13.6 Å². The first-order valence-corrected chi connectivity index (χ1v) is 13.0. The SMILES string of the molecule is CCCC(C[C@H]1CCC2=C1[C@@H](C)c1cnn(-c3ccc(F)cc3)c1C2)NC(=O)[C@@H]1CCCN1C. The van der Waals surface area contributed by atoms with Crippen LogP contribution >= 0.6 is 0 Å². The number of benzene rings is 1. The van der Waals surface area contributed by atoms with E-state index < -0.39 is 0 Å². The molecule has 1 saturated heterocycles. The second-order valence-corrected chi connectivity index (χ2v) is 10.5. The second kappa shape index (κ2) is 9.65. The molecular weight excluding hydrogens is 427 g/mol. The van der Waals surface area contributed by atoms with Gasteiger partial charge >= 0.3 is 0 Å². The van der Waals surface area contributed by atoms with Crippen LogP contribution in [0.2, 0.25) is 0 Å². The molecule has 34 heavy (non-hydrogen) atoms. The van der Waals surface area contributed by atoms with Gasteiger partial charge in [-0.3, -0.25) is 9.69 Å². The summed E-state index contributed by atoms with van der Waals surface area (Å²) in [4.78, 5) is 15.2. The van der Waals surface area contributed by atoms with E-state index in [-0.39, 0.29) is 23.8 Å². The molecule has 1 amide bonds. The van der Waals surface area contributed by atoms with Crippen molar-refractivity contribution in [3.63, 3.8) is 0 Å². The fourth-order valence-corrected chi connectivity index (χ4v) is 6.61. The number of carbonyl (C=O) groups excluding carboxylic acids is 1. The molecule has 0 radical (unpaired) electrons. The zero-order valence-electron chi connectivity index (χ0n) is 20.7. The maximum absolute atomic E-state index is 13.4. The number of aromatic nitrogens is 2. The molecule has 2 aromatic rings. The molecule has 4 atom stereocenters. The Balaban J connectivity index is 1.32. The van der Waals surface area contributed by atoms with Gasteiger partial charge < -0.3 is 5.32 Å². The molecule has 182 valence electrons. The maximum Gasteiger partial charge on any atom is 0.237 e. The molecule has 0 saturated carbocycles. The Labute approximate surface area is 202 Å². The van der Waals surface area contributed by atoms with Crippen LogP contribution < -0.4 is 5.32 Å². The number of hydrogen-bond acceptors (Lipinski definition) is 3. The van der Waals surface area contributed by atoms with E-state index in [1.54, 1.807) is 23.3 Å². The number of hydrogen-bond donors (Lipinski definition) is 1. The summed E-state index contributed by atoms with van der Waals surface area (Å²) in [5.74, 6) is 0.838. The first-order chi connectivity index (χ1) is 16.5. The number of likely N-dealkylation sites (N-methyl/N-ethyl adjacent to an activating group) is 1. The molecule has 2 heterocycles. The molecule has 1 aromatic carbocycles. The molecule has 2 aliphatic carbocycles. The molecular formula is C28H37FN4O. The van der Waals surface area contributed by atoms with Crippen LogP contribution in [-0.2, 0) is 11.2 Å². The van der Waals surface area contributed by atoms with Gasteiger partial charge in [0.15, 0.2) is 0 Å². The van der Waals surface area contributed by atoms with Crippen molar-refractivity contribution >= 4 is 5.91 Å². The van der Waals surface area contributed by atoms with Crippen molar-refractivity contribution in [2.45, 2.75) is 83.2 Å². The lowest BCUT2D eigenvalue weighted by Crippen LogP contribution is -2.46. The van der Waals surface area contributed by atoms with Crippen LogP contribution in [0.5, 0.6) is 0 Å². The van der Waals surface area contributed by atoms with Crippen LogP contribution in [0.4, 0.5) is 4.39 Å². The molecule has 5 rings (SSSR count). The average Bonchev–Trinajstić information content (AvgIpc) is 3.54. The summed E-state index contributed by atoms with van der Waals surface area (Å²) in [7, 11) is 2.06. The predicted octanol–water partition coefficient (Wildman–Crippen LogP) is 5.15. The van der Waals surface area contributed by atoms with Gasteiger partial charge in [0.2, 0.25) is 5.91 Å². The minimum atomic E-state index is -0.227. The minimum Gasteiger partial charge on any atom is -0.352 e. The van der Waals surface area contributed by atoms with Crippen LogP contribution in [0.3, 0.4) is 0 Å². The van der Waals surface area contributed by atoms with Crippen molar-refractivity contribution in [1.29, 1.82) is 0 Å². The third-order valence-corrected chi connectivity index (χ3v) is 8.30. The van der Waals surface area contributed by atoms with Crippen LogP contribution in [-0.4, -0.2) is 46.3 Å². The van der Waals surface area contributed by atoms with Gasteiger partial charge in [-0.2, -0.15) is 5.10 Å². The zero-order valence-corrected chi connectivity index (χ0v) is 20.7. The largest absolute Gasteiger partial charge is 0.352 e. The summed E-state index contributed by atoms with van der Waals surface area (Å²) in [5, 5.41) is 8.11. The van der Waals surface area contributed by atoms with Crippen molar-refractivity contribution in [3.8, 4) is 5.69 Å². The molecule has 3 aliphatic rings. The van der Waals surface area contributed by atoms with Crippen molar-refractivity contribution in [1.82, 2.24) is 20.0 Å². The monoisotopic (exact) mass is 464 g/mol. The van der Waals surface area contributed by atoms with E-state index in [0.29, 0.717) is 11.8 Å². The summed E-state index contributed by atoms with van der Waals surface area (Å²) in [5.41, 5.74) is 6.57. The number of carbonyl (C=O) groups is 1. The van der Waals surface area contributed by atoms with Gasteiger partial charge in [0, 0.05) is 23.9 Å². The lowest BCUT2D eigenvalue weighted by molar-refractivity contribution is -0.125. The third kappa shape index (κ3) is 4.33. The third-order valence-electron chi connectivity index (χ3n) is 8.30. The second-order valence-electron chi connectivity index (χ2n) is 10.5. The number of nitrogens with one attached hydrogen (secondary N) is 1. The van der Waals surface area contributed by atoms with E-state index in [1.165, 1.54) is 29.8 Å². The highest BCUT2D eigenvalue weighted by Crippen LogP contribution is 2.48. The van der Waals surface area contributed by atoms with Gasteiger partial charge in [-0.1, -0.05) is 31.4 Å². The number of fused-ring (bicyclic) bond motifs is 1. The Hall–Kier alpha value is -2.47. The number of likely N-dealkylation sites (tertiary alicyclic amines) is 1. The highest BCUT2D eigenvalue weighted by molar-refractivity contribution is 5.82. The Morgan fingerprint density at radius 3 is 2.76 bits per heavy atom. The summed E-state index contributed by atoms with van der Waals surface area (Å²) in [6.45, 7) is 5.53. The van der Waals surface area contributed by atoms with Gasteiger partial charge in [-0.15, -0.1) is 0 Å². The predicted molar refractivity (Wildman–Crippen MR) is 132 cm³/mol. The highest BCUT2D eigenvalue weighted by atomic mass is 19.1. The van der Waals surface area contributed by atoms with E-state index >= 15 is 0 Å². The zero-order chi connectivity index (χ0) is 23.8. The summed E-state index contributed by atoms with van der Waals surface area (Å²) in [6.07, 6.45) is 10.4. The van der Waals surface area contributed by atoms with Crippen LogP contribution in [0.25, 0.3) is 5.69 Å². The topological polar surface area (TPSA) is 50.2 Å². The minimum absolute atomic E-state index is 0.0335. The normalized spacial score (nSPS) is 25.4. The fourth-order valence-electron chi connectivity index (χ4n) is 6.61. The number of allylic oxidation sites excluding steroid dienone is 2. The summed E-state index contributed by atoms with van der Waals surface area (Å²) < 4.78 is 15.4. The Kier molecular flexibility index (Phi) is 6.61. The van der Waals surface area contributed by atoms with Crippen LogP contribution in [0, 0.1) is 11.7 Å². The smallest absolute Gasteiger partial charge is 0.237 e. The summed E-state index contributed by atoms with van der Waals surface area (Å²) >= 11 is 0. The quantitative estimate of drug-likeness (QED) is 0.577. The van der Waals surface area contributed by atoms with E-state index in [1.807, 2.05) is 10.9 Å². The molecule has 6 heteroatoms. The molecule has 1 unspecified atom stereocenters. The van der Waals surface area contributed by atoms with E-state index in [4.69, 9.17) is 0 Å². The van der Waals surface area contributed by atoms with E-state index in [9.17, 15) is 9.18 Å². The van der Waals surface area contributed by atoms with Gasteiger partial charge in [0.1, 0.15) is 5.82 Å². The fraction of sp³-hybridized carbons (Fsp3) is 0.571. The van der Waals surface area contributed by atoms with Gasteiger partial charge in [-0.05, 0) is 82.3 Å². The van der Waals surface area contributed by atoms with Gasteiger partial charge in [0.25, 0.3) is 0 Å².